The third-order valence-corrected chi connectivity index (χ3v) is 6.72. The Balaban J connectivity index is 1.43. The van der Waals surface area contributed by atoms with Crippen LogP contribution in [0.25, 0.3) is 0 Å². The molecule has 0 radical (unpaired) electrons. The molecule has 3 saturated carbocycles. The molecule has 3 aliphatic carbocycles. The topological polar surface area (TPSA) is 138 Å². The molecule has 0 aromatic heterocycles. The van der Waals surface area contributed by atoms with Crippen molar-refractivity contribution in [2.75, 3.05) is 6.61 Å². The normalized spacial score (nSPS) is 66.8. The Kier molecular flexibility index (Phi) is 2.96. The van der Waals surface area contributed by atoms with Crippen LogP contribution < -0.4 is 0 Å². The molecule has 136 valence electrons. The van der Waals surface area contributed by atoms with Crippen molar-refractivity contribution in [3.05, 3.63) is 0 Å². The minimum Gasteiger partial charge on any atom is -0.394 e. The third-order valence-electron chi connectivity index (χ3n) is 6.72. The van der Waals surface area contributed by atoms with E-state index in [-0.39, 0.29) is 18.3 Å². The first-order valence-corrected chi connectivity index (χ1v) is 8.31. The van der Waals surface area contributed by atoms with Crippen LogP contribution in [-0.4, -0.2) is 86.1 Å². The standard InChI is InChI=1S/C15H22O9/c1-13-4-15(20)5-2-14(13,7(5)11(22-13)24-15)23-12-10(19)9(18)8(17)6(3-16)21-12/h5-12,16-20H,2-4H2,1H3/t5-,6?,7?,8?,9?,10?,11-,12?,13-,14?,15+/m0/s1. The number of aliphatic hydroxyl groups excluding tert-OH is 4. The lowest BCUT2D eigenvalue weighted by Gasteiger charge is -2.63. The van der Waals surface area contributed by atoms with E-state index in [4.69, 9.17) is 18.9 Å². The highest BCUT2D eigenvalue weighted by Gasteiger charge is 2.87. The Hall–Kier alpha value is -0.360. The minimum absolute atomic E-state index is 0.0945. The van der Waals surface area contributed by atoms with Gasteiger partial charge in [-0.1, -0.05) is 0 Å². The van der Waals surface area contributed by atoms with Gasteiger partial charge in [-0.25, -0.2) is 0 Å². The summed E-state index contributed by atoms with van der Waals surface area (Å²) in [5.41, 5.74) is -1.58. The van der Waals surface area contributed by atoms with Gasteiger partial charge in [0, 0.05) is 12.3 Å². The Morgan fingerprint density at radius 2 is 1.88 bits per heavy atom. The van der Waals surface area contributed by atoms with Crippen molar-refractivity contribution in [2.45, 2.75) is 73.8 Å². The van der Waals surface area contributed by atoms with Crippen LogP contribution in [-0.2, 0) is 18.9 Å². The summed E-state index contributed by atoms with van der Waals surface area (Å²) in [6.45, 7) is 1.33. The van der Waals surface area contributed by atoms with Crippen LogP contribution in [0.3, 0.4) is 0 Å². The largest absolute Gasteiger partial charge is 0.394 e. The Morgan fingerprint density at radius 1 is 1.12 bits per heavy atom. The second-order valence-corrected chi connectivity index (χ2v) is 7.90. The molecule has 4 aliphatic heterocycles. The summed E-state index contributed by atoms with van der Waals surface area (Å²) in [4.78, 5) is 0. The molecule has 6 bridgehead atoms. The van der Waals surface area contributed by atoms with E-state index in [0.29, 0.717) is 6.42 Å². The van der Waals surface area contributed by atoms with Gasteiger partial charge in [-0.15, -0.1) is 0 Å². The molecule has 7 unspecified atom stereocenters. The van der Waals surface area contributed by atoms with E-state index in [0.717, 1.165) is 0 Å². The van der Waals surface area contributed by atoms with Crippen molar-refractivity contribution < 1.29 is 44.5 Å². The molecule has 9 heteroatoms. The number of hydrogen-bond acceptors (Lipinski definition) is 9. The number of aliphatic hydroxyl groups is 5. The maximum Gasteiger partial charge on any atom is 0.187 e. The zero-order chi connectivity index (χ0) is 17.1. The maximum atomic E-state index is 10.6. The molecule has 0 amide bonds. The molecule has 11 atom stereocenters. The van der Waals surface area contributed by atoms with E-state index in [2.05, 4.69) is 0 Å². The quantitative estimate of drug-likeness (QED) is 0.373. The average Bonchev–Trinajstić information content (AvgIpc) is 2.72. The fraction of sp³-hybridized carbons (Fsp3) is 1.00. The van der Waals surface area contributed by atoms with Crippen LogP contribution in [0.5, 0.6) is 0 Å². The summed E-state index contributed by atoms with van der Waals surface area (Å²) in [5, 5.41) is 49.9. The highest BCUT2D eigenvalue weighted by molar-refractivity contribution is 5.30. The fourth-order valence-corrected chi connectivity index (χ4v) is 5.46. The highest BCUT2D eigenvalue weighted by atomic mass is 16.8. The zero-order valence-corrected chi connectivity index (χ0v) is 13.1. The molecular formula is C15H22O9. The van der Waals surface area contributed by atoms with Gasteiger partial charge in [-0.3, -0.25) is 0 Å². The van der Waals surface area contributed by atoms with E-state index in [1.165, 1.54) is 0 Å². The smallest absolute Gasteiger partial charge is 0.187 e. The molecule has 7 fully saturated rings. The van der Waals surface area contributed by atoms with Gasteiger partial charge in [0.2, 0.25) is 0 Å². The Labute approximate surface area is 137 Å². The monoisotopic (exact) mass is 346 g/mol. The predicted molar refractivity (Wildman–Crippen MR) is 73.1 cm³/mol. The van der Waals surface area contributed by atoms with Crippen molar-refractivity contribution in [1.29, 1.82) is 0 Å². The van der Waals surface area contributed by atoms with E-state index >= 15 is 0 Å². The molecule has 4 saturated heterocycles. The van der Waals surface area contributed by atoms with Gasteiger partial charge in [-0.05, 0) is 13.3 Å². The molecule has 5 N–H and O–H groups in total. The summed E-state index contributed by atoms with van der Waals surface area (Å²) >= 11 is 0. The van der Waals surface area contributed by atoms with Crippen LogP contribution in [0.4, 0.5) is 0 Å². The zero-order valence-electron chi connectivity index (χ0n) is 13.1. The first kappa shape index (κ1) is 15.9. The van der Waals surface area contributed by atoms with E-state index in [9.17, 15) is 25.5 Å². The summed E-state index contributed by atoms with van der Waals surface area (Å²) in [7, 11) is 0. The second kappa shape index (κ2) is 4.48. The van der Waals surface area contributed by atoms with Gasteiger partial charge >= 0.3 is 0 Å². The molecule has 4 heterocycles. The van der Waals surface area contributed by atoms with Crippen LogP contribution in [0.2, 0.25) is 0 Å². The van der Waals surface area contributed by atoms with Gasteiger partial charge < -0.3 is 44.5 Å². The van der Waals surface area contributed by atoms with Gasteiger partial charge in [0.25, 0.3) is 0 Å². The minimum atomic E-state index is -1.49. The molecule has 7 aliphatic rings. The lowest BCUT2D eigenvalue weighted by molar-refractivity contribution is -0.413. The van der Waals surface area contributed by atoms with Crippen LogP contribution in [0, 0.1) is 11.8 Å². The lowest BCUT2D eigenvalue weighted by Crippen LogP contribution is -2.75. The highest BCUT2D eigenvalue weighted by Crippen LogP contribution is 2.75. The van der Waals surface area contributed by atoms with E-state index in [1.54, 1.807) is 0 Å². The Bertz CT molecular complexity index is 571. The third kappa shape index (κ3) is 1.57. The lowest BCUT2D eigenvalue weighted by atomic mass is 9.48. The van der Waals surface area contributed by atoms with Crippen molar-refractivity contribution in [3.63, 3.8) is 0 Å². The van der Waals surface area contributed by atoms with Gasteiger partial charge in [0.05, 0.1) is 12.5 Å². The average molecular weight is 346 g/mol. The van der Waals surface area contributed by atoms with Gasteiger partial charge in [-0.2, -0.15) is 0 Å². The Morgan fingerprint density at radius 3 is 2.54 bits per heavy atom. The molecule has 0 aromatic carbocycles. The molecule has 7 rings (SSSR count). The van der Waals surface area contributed by atoms with E-state index in [1.807, 2.05) is 6.92 Å². The van der Waals surface area contributed by atoms with Crippen molar-refractivity contribution >= 4 is 0 Å². The molecule has 0 aromatic rings. The number of rotatable bonds is 3. The van der Waals surface area contributed by atoms with Gasteiger partial charge in [0.15, 0.2) is 18.4 Å². The van der Waals surface area contributed by atoms with Crippen molar-refractivity contribution in [3.8, 4) is 0 Å². The summed E-state index contributed by atoms with van der Waals surface area (Å²) in [5.74, 6) is -1.46. The number of ether oxygens (including phenoxy) is 4. The molecular weight excluding hydrogens is 324 g/mol. The van der Waals surface area contributed by atoms with Crippen molar-refractivity contribution in [1.82, 2.24) is 0 Å². The van der Waals surface area contributed by atoms with Crippen LogP contribution >= 0.6 is 0 Å². The summed E-state index contributed by atoms with van der Waals surface area (Å²) in [6.07, 6.45) is -6.41. The van der Waals surface area contributed by atoms with Crippen molar-refractivity contribution in [2.24, 2.45) is 11.8 Å². The summed E-state index contributed by atoms with van der Waals surface area (Å²) in [6, 6.07) is 0. The fourth-order valence-electron chi connectivity index (χ4n) is 5.46. The molecule has 24 heavy (non-hydrogen) atoms. The van der Waals surface area contributed by atoms with Crippen LogP contribution in [0.1, 0.15) is 19.8 Å². The van der Waals surface area contributed by atoms with Crippen LogP contribution in [0.15, 0.2) is 0 Å². The first-order valence-electron chi connectivity index (χ1n) is 8.31. The second-order valence-electron chi connectivity index (χ2n) is 7.90. The maximum absolute atomic E-state index is 10.6. The van der Waals surface area contributed by atoms with Gasteiger partial charge in [0.1, 0.15) is 35.6 Å². The summed E-state index contributed by atoms with van der Waals surface area (Å²) < 4.78 is 23.1. The van der Waals surface area contributed by atoms with E-state index < -0.39 is 60.6 Å². The first-order chi connectivity index (χ1) is 11.2. The SMILES string of the molecule is C[C@@]12C[C@@]3(O)O[C@H](O1)C1[C@@H]3CC12OC1OC(CO)C(O)C(O)C1O. The molecule has 9 nitrogen and oxygen atoms in total. The predicted octanol–water partition coefficient (Wildman–Crippen LogP) is -2.58. The molecule has 0 spiro atoms. The number of hydrogen-bond donors (Lipinski definition) is 5.